The molecule has 0 aromatic carbocycles. The molecule has 0 aliphatic carbocycles. The highest BCUT2D eigenvalue weighted by Crippen LogP contribution is 2.09. The first-order valence-electron chi connectivity index (χ1n) is 5.01. The molecule has 5 N–H and O–H groups in total. The molecule has 0 fully saturated rings. The van der Waals surface area contributed by atoms with E-state index in [2.05, 4.69) is 5.32 Å². The molecule has 7 nitrogen and oxygen atoms in total. The number of nitrogens with two attached hydrogens (primary N) is 1. The number of nitrogens with one attached hydrogen (secondary N) is 1. The van der Waals surface area contributed by atoms with Crippen LogP contribution in [-0.4, -0.2) is 28.2 Å². The summed E-state index contributed by atoms with van der Waals surface area (Å²) in [4.78, 5) is 21.2. The second kappa shape index (κ2) is 5.90. The quantitative estimate of drug-likeness (QED) is 0.540. The third kappa shape index (κ3) is 4.56. The molecular weight excluding hydrogens is 228 g/mol. The van der Waals surface area contributed by atoms with Gasteiger partial charge in [0.2, 0.25) is 0 Å². The summed E-state index contributed by atoms with van der Waals surface area (Å²) < 4.78 is 5.05. The Morgan fingerprint density at radius 3 is 2.59 bits per heavy atom. The Balaban J connectivity index is 2.44. The highest BCUT2D eigenvalue weighted by molar-refractivity contribution is 5.75. The molecule has 94 valence electrons. The van der Waals surface area contributed by atoms with Crippen LogP contribution in [0.5, 0.6) is 0 Å². The van der Waals surface area contributed by atoms with Gasteiger partial charge < -0.3 is 20.4 Å². The SMILES string of the molecule is Nc1ccc(CNC(CCC(=O)O)C(=O)O)o1. The number of hydrogen-bond donors (Lipinski definition) is 4. The Morgan fingerprint density at radius 2 is 2.12 bits per heavy atom. The van der Waals surface area contributed by atoms with Crippen LogP contribution < -0.4 is 11.1 Å². The first-order valence-corrected chi connectivity index (χ1v) is 5.01. The van der Waals surface area contributed by atoms with Gasteiger partial charge in [-0.15, -0.1) is 0 Å². The van der Waals surface area contributed by atoms with Crippen LogP contribution in [0, 0.1) is 0 Å². The van der Waals surface area contributed by atoms with Gasteiger partial charge in [0, 0.05) is 12.5 Å². The standard InChI is InChI=1S/C10H14N2O5/c11-8-3-1-6(17-8)5-12-7(10(15)16)2-4-9(13)14/h1,3,7,12H,2,4-5,11H2,(H,13,14)(H,15,16). The lowest BCUT2D eigenvalue weighted by Crippen LogP contribution is -2.36. The lowest BCUT2D eigenvalue weighted by Gasteiger charge is -2.11. The number of aliphatic carboxylic acids is 2. The Hall–Kier alpha value is -2.02. The van der Waals surface area contributed by atoms with E-state index in [-0.39, 0.29) is 25.3 Å². The highest BCUT2D eigenvalue weighted by Gasteiger charge is 2.18. The molecule has 1 unspecified atom stereocenters. The van der Waals surface area contributed by atoms with Gasteiger partial charge in [-0.3, -0.25) is 14.9 Å². The fourth-order valence-electron chi connectivity index (χ4n) is 1.29. The zero-order valence-electron chi connectivity index (χ0n) is 9.05. The molecule has 0 bridgehead atoms. The average Bonchev–Trinajstić information content (AvgIpc) is 2.63. The summed E-state index contributed by atoms with van der Waals surface area (Å²) in [7, 11) is 0. The number of carboxylic acids is 2. The van der Waals surface area contributed by atoms with Crippen LogP contribution in [0.15, 0.2) is 16.5 Å². The Morgan fingerprint density at radius 1 is 1.41 bits per heavy atom. The van der Waals surface area contributed by atoms with Crippen LogP contribution >= 0.6 is 0 Å². The highest BCUT2D eigenvalue weighted by atomic mass is 16.4. The summed E-state index contributed by atoms with van der Waals surface area (Å²) >= 11 is 0. The average molecular weight is 242 g/mol. The molecule has 0 aliphatic heterocycles. The normalized spacial score (nSPS) is 12.2. The van der Waals surface area contributed by atoms with Crippen LogP contribution in [0.4, 0.5) is 5.88 Å². The zero-order valence-corrected chi connectivity index (χ0v) is 9.05. The van der Waals surface area contributed by atoms with Gasteiger partial charge in [0.15, 0.2) is 5.88 Å². The third-order valence-corrected chi connectivity index (χ3v) is 2.15. The second-order valence-electron chi connectivity index (χ2n) is 3.51. The lowest BCUT2D eigenvalue weighted by atomic mass is 10.1. The second-order valence-corrected chi connectivity index (χ2v) is 3.51. The van der Waals surface area contributed by atoms with E-state index in [4.69, 9.17) is 20.4 Å². The number of anilines is 1. The molecule has 1 aromatic heterocycles. The van der Waals surface area contributed by atoms with Crippen LogP contribution in [0.1, 0.15) is 18.6 Å². The maximum atomic E-state index is 10.8. The monoisotopic (exact) mass is 242 g/mol. The molecule has 1 aromatic rings. The van der Waals surface area contributed by atoms with Gasteiger partial charge >= 0.3 is 11.9 Å². The van der Waals surface area contributed by atoms with Crippen molar-refractivity contribution in [2.45, 2.75) is 25.4 Å². The third-order valence-electron chi connectivity index (χ3n) is 2.15. The van der Waals surface area contributed by atoms with Crippen LogP contribution in [0.3, 0.4) is 0 Å². The fraction of sp³-hybridized carbons (Fsp3) is 0.400. The summed E-state index contributed by atoms with van der Waals surface area (Å²) in [6.45, 7) is 0.188. The molecular formula is C10H14N2O5. The summed E-state index contributed by atoms with van der Waals surface area (Å²) in [5.41, 5.74) is 5.35. The molecule has 7 heteroatoms. The number of carboxylic acid groups (broad SMARTS) is 2. The van der Waals surface area contributed by atoms with Gasteiger partial charge in [0.25, 0.3) is 0 Å². The van der Waals surface area contributed by atoms with E-state index in [9.17, 15) is 9.59 Å². The number of nitrogen functional groups attached to an aromatic ring is 1. The summed E-state index contributed by atoms with van der Waals surface area (Å²) in [6, 6.07) is 2.26. The first kappa shape index (κ1) is 13.0. The summed E-state index contributed by atoms with van der Waals surface area (Å²) in [5.74, 6) is -1.37. The molecule has 0 saturated carbocycles. The minimum atomic E-state index is -1.09. The molecule has 0 aliphatic rings. The van der Waals surface area contributed by atoms with E-state index >= 15 is 0 Å². The molecule has 17 heavy (non-hydrogen) atoms. The topological polar surface area (TPSA) is 126 Å². The van der Waals surface area contributed by atoms with E-state index < -0.39 is 18.0 Å². The Labute approximate surface area is 97.2 Å². The Kier molecular flexibility index (Phi) is 4.53. The van der Waals surface area contributed by atoms with Gasteiger partial charge in [-0.2, -0.15) is 0 Å². The van der Waals surface area contributed by atoms with Crippen LogP contribution in [-0.2, 0) is 16.1 Å². The van der Waals surface area contributed by atoms with E-state index in [1.807, 2.05) is 0 Å². The number of rotatable bonds is 7. The maximum absolute atomic E-state index is 10.8. The summed E-state index contributed by atoms with van der Waals surface area (Å²) in [5, 5.41) is 20.0. The molecule has 1 heterocycles. The van der Waals surface area contributed by atoms with Crippen LogP contribution in [0.25, 0.3) is 0 Å². The van der Waals surface area contributed by atoms with Crippen LogP contribution in [0.2, 0.25) is 0 Å². The predicted molar refractivity (Wildman–Crippen MR) is 58.3 cm³/mol. The van der Waals surface area contributed by atoms with Gasteiger partial charge in [0.05, 0.1) is 6.54 Å². The molecule has 0 saturated heterocycles. The number of hydrogen-bond acceptors (Lipinski definition) is 5. The van der Waals surface area contributed by atoms with Gasteiger partial charge in [-0.05, 0) is 12.5 Å². The predicted octanol–water partition coefficient (Wildman–Crippen LogP) is 0.269. The maximum Gasteiger partial charge on any atom is 0.320 e. The van der Waals surface area contributed by atoms with Crippen molar-refractivity contribution < 1.29 is 24.2 Å². The minimum Gasteiger partial charge on any atom is -0.481 e. The van der Waals surface area contributed by atoms with E-state index in [1.54, 1.807) is 12.1 Å². The van der Waals surface area contributed by atoms with Crippen molar-refractivity contribution in [1.29, 1.82) is 0 Å². The zero-order chi connectivity index (χ0) is 12.8. The smallest absolute Gasteiger partial charge is 0.320 e. The van der Waals surface area contributed by atoms with Crippen molar-refractivity contribution >= 4 is 17.8 Å². The van der Waals surface area contributed by atoms with Gasteiger partial charge in [-0.25, -0.2) is 0 Å². The summed E-state index contributed by atoms with van der Waals surface area (Å²) in [6.07, 6.45) is -0.189. The molecule has 0 radical (unpaired) electrons. The fourth-order valence-corrected chi connectivity index (χ4v) is 1.29. The van der Waals surface area contributed by atoms with Crippen molar-refractivity contribution in [3.05, 3.63) is 17.9 Å². The van der Waals surface area contributed by atoms with E-state index in [0.717, 1.165) is 0 Å². The van der Waals surface area contributed by atoms with Gasteiger partial charge in [0.1, 0.15) is 11.8 Å². The minimum absolute atomic E-state index is 0.0147. The number of carbonyl (C=O) groups is 2. The Bertz CT molecular complexity index is 401. The van der Waals surface area contributed by atoms with Crippen molar-refractivity contribution in [2.75, 3.05) is 5.73 Å². The van der Waals surface area contributed by atoms with Crippen molar-refractivity contribution in [3.8, 4) is 0 Å². The first-order chi connectivity index (χ1) is 7.99. The largest absolute Gasteiger partial charge is 0.481 e. The lowest BCUT2D eigenvalue weighted by molar-refractivity contribution is -0.140. The van der Waals surface area contributed by atoms with Gasteiger partial charge in [-0.1, -0.05) is 0 Å². The van der Waals surface area contributed by atoms with E-state index in [0.29, 0.717) is 5.76 Å². The van der Waals surface area contributed by atoms with E-state index in [1.165, 1.54) is 0 Å². The number of furan rings is 1. The molecule has 1 rings (SSSR count). The van der Waals surface area contributed by atoms with Crippen molar-refractivity contribution in [1.82, 2.24) is 5.32 Å². The molecule has 0 spiro atoms. The molecule has 0 amide bonds. The van der Waals surface area contributed by atoms with Crippen molar-refractivity contribution in [2.24, 2.45) is 0 Å². The molecule has 1 atom stereocenters. The van der Waals surface area contributed by atoms with Crippen molar-refractivity contribution in [3.63, 3.8) is 0 Å².